The lowest BCUT2D eigenvalue weighted by Crippen LogP contribution is -1.93. The van der Waals surface area contributed by atoms with Gasteiger partial charge in [-0.25, -0.2) is 4.79 Å². The molecule has 0 amide bonds. The summed E-state index contributed by atoms with van der Waals surface area (Å²) in [4.78, 5) is 20.7. The minimum atomic E-state index is -1.08. The number of hydrogen-bond acceptors (Lipinski definition) is 3. The van der Waals surface area contributed by atoms with Crippen LogP contribution in [0.25, 0.3) is 0 Å². The fourth-order valence-electron chi connectivity index (χ4n) is 3.27. The van der Waals surface area contributed by atoms with Gasteiger partial charge in [0, 0.05) is 12.8 Å². The van der Waals surface area contributed by atoms with Crippen LogP contribution < -0.4 is 0 Å². The van der Waals surface area contributed by atoms with Crippen molar-refractivity contribution in [3.63, 3.8) is 0 Å². The summed E-state index contributed by atoms with van der Waals surface area (Å²) in [6, 6.07) is 0. The quantitative estimate of drug-likeness (QED) is 0.124. The van der Waals surface area contributed by atoms with Crippen LogP contribution in [-0.2, 0) is 9.59 Å². The zero-order chi connectivity index (χ0) is 20.2. The Morgan fingerprint density at radius 3 is 1.07 bits per heavy atom. The van der Waals surface area contributed by atoms with Crippen molar-refractivity contribution in [1.82, 2.24) is 0 Å². The number of hydrogen-bond donors (Lipinski definition) is 3. The van der Waals surface area contributed by atoms with Crippen LogP contribution in [0.2, 0.25) is 0 Å². The average Bonchev–Trinajstić information content (AvgIpc) is 2.59. The number of unbranched alkanes of at least 4 members (excludes halogenated alkanes) is 15. The third-order valence-corrected chi connectivity index (χ3v) is 4.86. The average molecular weight is 385 g/mol. The second kappa shape index (κ2) is 19.2. The Kier molecular flexibility index (Phi) is 18.2. The van der Waals surface area contributed by atoms with Crippen LogP contribution in [-0.4, -0.2) is 27.3 Å². The molecule has 0 aliphatic rings. The molecule has 0 unspecified atom stereocenters. The SMILES string of the molecule is O=C(O)C=C(O)CCCCCCCCCCCCCCCCCCC(=O)O. The summed E-state index contributed by atoms with van der Waals surface area (Å²) in [5.74, 6) is -1.79. The highest BCUT2D eigenvalue weighted by Gasteiger charge is 1.99. The summed E-state index contributed by atoms with van der Waals surface area (Å²) in [6.07, 6.45) is 20.7. The monoisotopic (exact) mass is 384 g/mol. The highest BCUT2D eigenvalue weighted by molar-refractivity contribution is 5.80. The Hall–Kier alpha value is -1.52. The lowest BCUT2D eigenvalue weighted by molar-refractivity contribution is -0.137. The predicted molar refractivity (Wildman–Crippen MR) is 109 cm³/mol. The molecule has 0 saturated carbocycles. The molecule has 3 N–H and O–H groups in total. The highest BCUT2D eigenvalue weighted by atomic mass is 16.4. The molecule has 0 heterocycles. The first kappa shape index (κ1) is 25.5. The lowest BCUT2D eigenvalue weighted by Gasteiger charge is -2.04. The molecule has 0 aromatic heterocycles. The number of carboxylic acids is 2. The number of aliphatic carboxylic acids is 2. The van der Waals surface area contributed by atoms with E-state index in [0.717, 1.165) is 38.2 Å². The molecule has 158 valence electrons. The molecule has 5 nitrogen and oxygen atoms in total. The molecule has 0 aliphatic heterocycles. The second-order valence-electron chi connectivity index (χ2n) is 7.52. The van der Waals surface area contributed by atoms with Gasteiger partial charge in [0.25, 0.3) is 0 Å². The predicted octanol–water partition coefficient (Wildman–Crippen LogP) is 6.62. The summed E-state index contributed by atoms with van der Waals surface area (Å²) >= 11 is 0. The fourth-order valence-corrected chi connectivity index (χ4v) is 3.27. The van der Waals surface area contributed by atoms with Crippen LogP contribution in [0.5, 0.6) is 0 Å². The van der Waals surface area contributed by atoms with Gasteiger partial charge in [-0.1, -0.05) is 89.9 Å². The number of rotatable bonds is 20. The Morgan fingerprint density at radius 2 is 0.778 bits per heavy atom. The highest BCUT2D eigenvalue weighted by Crippen LogP contribution is 2.15. The van der Waals surface area contributed by atoms with Crippen molar-refractivity contribution in [3.05, 3.63) is 11.8 Å². The van der Waals surface area contributed by atoms with Crippen LogP contribution in [0.3, 0.4) is 0 Å². The third kappa shape index (κ3) is 22.4. The molecule has 0 aliphatic carbocycles. The fraction of sp³-hybridized carbons (Fsp3) is 0.818. The van der Waals surface area contributed by atoms with Crippen LogP contribution in [0, 0.1) is 0 Å². The first-order chi connectivity index (χ1) is 13.0. The van der Waals surface area contributed by atoms with Gasteiger partial charge in [0.15, 0.2) is 0 Å². The van der Waals surface area contributed by atoms with Crippen molar-refractivity contribution in [2.24, 2.45) is 0 Å². The standard InChI is InChI=1S/C22H40O5/c23-20(19-22(26)27)17-15-13-11-9-7-5-3-1-2-4-6-8-10-12-14-16-18-21(24)25/h19,23H,1-18H2,(H,24,25)(H,26,27). The number of allylic oxidation sites excluding steroid dienone is 1. The van der Waals surface area contributed by atoms with E-state index in [-0.39, 0.29) is 5.76 Å². The molecular formula is C22H40O5. The lowest BCUT2D eigenvalue weighted by atomic mass is 10.0. The minimum absolute atomic E-state index is 0.0271. The van der Waals surface area contributed by atoms with Crippen molar-refractivity contribution in [1.29, 1.82) is 0 Å². The van der Waals surface area contributed by atoms with Gasteiger partial charge in [-0.2, -0.15) is 0 Å². The minimum Gasteiger partial charge on any atom is -0.512 e. The maximum Gasteiger partial charge on any atom is 0.331 e. The number of carboxylic acid groups (broad SMARTS) is 2. The van der Waals surface area contributed by atoms with Gasteiger partial charge < -0.3 is 15.3 Å². The Bertz CT molecular complexity index is 404. The molecule has 0 aromatic rings. The van der Waals surface area contributed by atoms with Gasteiger partial charge in [-0.05, 0) is 12.8 Å². The van der Waals surface area contributed by atoms with E-state index in [4.69, 9.17) is 10.2 Å². The Morgan fingerprint density at radius 1 is 0.481 bits per heavy atom. The van der Waals surface area contributed by atoms with Crippen molar-refractivity contribution < 1.29 is 24.9 Å². The molecule has 0 aromatic carbocycles. The van der Waals surface area contributed by atoms with Crippen molar-refractivity contribution in [2.45, 2.75) is 116 Å². The topological polar surface area (TPSA) is 94.8 Å². The van der Waals surface area contributed by atoms with E-state index in [0.29, 0.717) is 12.8 Å². The summed E-state index contributed by atoms with van der Waals surface area (Å²) in [7, 11) is 0. The molecule has 0 saturated heterocycles. The first-order valence-electron chi connectivity index (χ1n) is 10.9. The van der Waals surface area contributed by atoms with Crippen molar-refractivity contribution in [3.8, 4) is 0 Å². The zero-order valence-electron chi connectivity index (χ0n) is 17.0. The Balaban J connectivity index is 3.13. The third-order valence-electron chi connectivity index (χ3n) is 4.86. The molecule has 5 heteroatoms. The smallest absolute Gasteiger partial charge is 0.331 e. The van der Waals surface area contributed by atoms with Crippen molar-refractivity contribution >= 4 is 11.9 Å². The Labute approximate surface area is 164 Å². The van der Waals surface area contributed by atoms with Gasteiger partial charge in [0.1, 0.15) is 0 Å². The second-order valence-corrected chi connectivity index (χ2v) is 7.52. The normalized spacial score (nSPS) is 11.6. The van der Waals surface area contributed by atoms with E-state index in [1.807, 2.05) is 0 Å². The maximum absolute atomic E-state index is 10.4. The van der Waals surface area contributed by atoms with Crippen LogP contribution in [0.15, 0.2) is 11.8 Å². The van der Waals surface area contributed by atoms with Gasteiger partial charge in [-0.3, -0.25) is 4.79 Å². The van der Waals surface area contributed by atoms with E-state index < -0.39 is 11.9 Å². The van der Waals surface area contributed by atoms with Crippen LogP contribution in [0.1, 0.15) is 116 Å². The molecule has 0 bridgehead atoms. The largest absolute Gasteiger partial charge is 0.512 e. The van der Waals surface area contributed by atoms with Gasteiger partial charge in [-0.15, -0.1) is 0 Å². The number of aliphatic hydroxyl groups is 1. The number of aliphatic hydroxyl groups excluding tert-OH is 1. The van der Waals surface area contributed by atoms with E-state index in [1.165, 1.54) is 70.6 Å². The summed E-state index contributed by atoms with van der Waals surface area (Å²) < 4.78 is 0. The van der Waals surface area contributed by atoms with Crippen molar-refractivity contribution in [2.75, 3.05) is 0 Å². The molecular weight excluding hydrogens is 344 g/mol. The van der Waals surface area contributed by atoms with E-state index in [9.17, 15) is 14.7 Å². The molecule has 0 fully saturated rings. The van der Waals surface area contributed by atoms with Gasteiger partial charge in [0.2, 0.25) is 0 Å². The summed E-state index contributed by atoms with van der Waals surface area (Å²) in [5.41, 5.74) is 0. The first-order valence-corrected chi connectivity index (χ1v) is 10.9. The van der Waals surface area contributed by atoms with Gasteiger partial charge in [0.05, 0.1) is 11.8 Å². The summed E-state index contributed by atoms with van der Waals surface area (Å²) in [6.45, 7) is 0. The van der Waals surface area contributed by atoms with Crippen LogP contribution >= 0.6 is 0 Å². The van der Waals surface area contributed by atoms with Gasteiger partial charge >= 0.3 is 11.9 Å². The van der Waals surface area contributed by atoms with E-state index in [1.54, 1.807) is 0 Å². The molecule has 27 heavy (non-hydrogen) atoms. The molecule has 0 spiro atoms. The van der Waals surface area contributed by atoms with Crippen LogP contribution in [0.4, 0.5) is 0 Å². The molecule has 0 rings (SSSR count). The molecule has 0 atom stereocenters. The number of carbonyl (C=O) groups is 2. The zero-order valence-corrected chi connectivity index (χ0v) is 17.0. The van der Waals surface area contributed by atoms with E-state index in [2.05, 4.69) is 0 Å². The summed E-state index contributed by atoms with van der Waals surface area (Å²) in [5, 5.41) is 26.4. The maximum atomic E-state index is 10.4. The molecule has 0 radical (unpaired) electrons. The van der Waals surface area contributed by atoms with E-state index >= 15 is 0 Å².